The summed E-state index contributed by atoms with van der Waals surface area (Å²) in [7, 11) is -3.81. The van der Waals surface area contributed by atoms with Gasteiger partial charge >= 0.3 is 0 Å². The van der Waals surface area contributed by atoms with Gasteiger partial charge in [-0.15, -0.1) is 0 Å². The van der Waals surface area contributed by atoms with Crippen LogP contribution in [0.15, 0.2) is 78.9 Å². The zero-order valence-electron chi connectivity index (χ0n) is 16.3. The topological polar surface area (TPSA) is 116 Å². The van der Waals surface area contributed by atoms with Crippen LogP contribution in [0.1, 0.15) is 5.69 Å². The van der Waals surface area contributed by atoms with Crippen molar-refractivity contribution < 1.29 is 8.42 Å². The summed E-state index contributed by atoms with van der Waals surface area (Å²) in [4.78, 5) is 0. The number of aromatic nitrogens is 2. The van der Waals surface area contributed by atoms with Crippen molar-refractivity contribution in [2.45, 2.75) is 6.92 Å². The van der Waals surface area contributed by atoms with Gasteiger partial charge in [-0.3, -0.25) is 4.72 Å². The molecule has 3 aromatic carbocycles. The molecule has 4 aromatic rings. The van der Waals surface area contributed by atoms with Crippen LogP contribution >= 0.6 is 0 Å². The van der Waals surface area contributed by atoms with Crippen LogP contribution in [0.4, 0.5) is 11.4 Å². The smallest absolute Gasteiger partial charge is 0.296 e. The van der Waals surface area contributed by atoms with E-state index in [0.29, 0.717) is 5.69 Å². The van der Waals surface area contributed by atoms with Gasteiger partial charge in [0.2, 0.25) is 0 Å². The van der Waals surface area contributed by atoms with Crippen LogP contribution in [-0.4, -0.2) is 18.2 Å². The lowest BCUT2D eigenvalue weighted by Crippen LogP contribution is -2.21. The van der Waals surface area contributed by atoms with Gasteiger partial charge in [0, 0.05) is 16.9 Å². The minimum absolute atomic E-state index is 0.388. The fourth-order valence-electron chi connectivity index (χ4n) is 3.25. The van der Waals surface area contributed by atoms with Crippen LogP contribution in [0.3, 0.4) is 0 Å². The number of nitrogen functional groups attached to an aromatic ring is 1. The molecule has 0 aliphatic carbocycles. The number of nitrogens with two attached hydrogens (primary N) is 2. The van der Waals surface area contributed by atoms with E-state index in [4.69, 9.17) is 10.9 Å². The van der Waals surface area contributed by atoms with E-state index in [1.807, 2.05) is 41.9 Å². The lowest BCUT2D eigenvalue weighted by atomic mass is 10.0. The number of aryl methyl sites for hydroxylation is 1. The van der Waals surface area contributed by atoms with Crippen molar-refractivity contribution >= 4 is 21.6 Å². The largest absolute Gasteiger partial charge is 0.399 e. The van der Waals surface area contributed by atoms with Gasteiger partial charge < -0.3 is 5.73 Å². The molecule has 0 aliphatic heterocycles. The number of nitrogens with zero attached hydrogens (tertiary/aromatic N) is 2. The summed E-state index contributed by atoms with van der Waals surface area (Å²) in [6.45, 7) is 1.93. The van der Waals surface area contributed by atoms with Gasteiger partial charge in [-0.1, -0.05) is 36.4 Å². The number of hydrogen-bond donors (Lipinski definition) is 3. The summed E-state index contributed by atoms with van der Waals surface area (Å²) >= 11 is 0. The fourth-order valence-corrected chi connectivity index (χ4v) is 3.71. The predicted molar refractivity (Wildman–Crippen MR) is 120 cm³/mol. The van der Waals surface area contributed by atoms with Gasteiger partial charge in [0.1, 0.15) is 0 Å². The van der Waals surface area contributed by atoms with Crippen LogP contribution in [-0.2, 0) is 10.2 Å². The number of rotatable bonds is 5. The Morgan fingerprint density at radius 3 is 1.93 bits per heavy atom. The molecule has 0 aliphatic rings. The van der Waals surface area contributed by atoms with Crippen molar-refractivity contribution in [2.75, 3.05) is 10.5 Å². The molecule has 0 radical (unpaired) electrons. The minimum Gasteiger partial charge on any atom is -0.399 e. The van der Waals surface area contributed by atoms with E-state index in [9.17, 15) is 8.42 Å². The van der Waals surface area contributed by atoms with E-state index in [-0.39, 0.29) is 0 Å². The van der Waals surface area contributed by atoms with Crippen molar-refractivity contribution in [3.05, 3.63) is 84.6 Å². The number of benzene rings is 3. The first-order valence-electron chi connectivity index (χ1n) is 9.22. The minimum atomic E-state index is -3.81. The Hall–Kier alpha value is -3.62. The summed E-state index contributed by atoms with van der Waals surface area (Å²) in [5, 5.41) is 9.61. The van der Waals surface area contributed by atoms with Crippen LogP contribution in [0.2, 0.25) is 0 Å². The van der Waals surface area contributed by atoms with Gasteiger partial charge in [-0.05, 0) is 60.5 Å². The van der Waals surface area contributed by atoms with E-state index in [0.717, 1.165) is 39.5 Å². The van der Waals surface area contributed by atoms with Crippen molar-refractivity contribution in [1.82, 2.24) is 9.78 Å². The van der Waals surface area contributed by atoms with Crippen LogP contribution in [0.25, 0.3) is 28.1 Å². The molecule has 0 saturated heterocycles. The molecule has 1 heterocycles. The van der Waals surface area contributed by atoms with Gasteiger partial charge in [-0.2, -0.15) is 13.5 Å². The molecule has 7 nitrogen and oxygen atoms in total. The highest BCUT2D eigenvalue weighted by Crippen LogP contribution is 2.28. The molecule has 0 saturated carbocycles. The quantitative estimate of drug-likeness (QED) is 0.428. The van der Waals surface area contributed by atoms with Gasteiger partial charge in [0.05, 0.1) is 17.1 Å². The first kappa shape index (κ1) is 19.7. The lowest BCUT2D eigenvalue weighted by molar-refractivity contribution is 0.603. The molecular formula is C22H21N5O2S. The number of anilines is 2. The first-order chi connectivity index (χ1) is 14.3. The molecule has 1 aromatic heterocycles. The highest BCUT2D eigenvalue weighted by Gasteiger charge is 2.11. The second-order valence-electron chi connectivity index (χ2n) is 6.98. The molecule has 0 atom stereocenters. The fraction of sp³-hybridized carbons (Fsp3) is 0.0455. The number of nitrogens with one attached hydrogen (secondary N) is 1. The predicted octanol–water partition coefficient (Wildman–Crippen LogP) is 3.71. The summed E-state index contributed by atoms with van der Waals surface area (Å²) < 4.78 is 26.5. The SMILES string of the molecule is Cc1cc(-c2ccc(-c3ccc(N)cc3)cc2)n(-c2ccc(NS(N)(=O)=O)cc2)n1. The summed E-state index contributed by atoms with van der Waals surface area (Å²) in [6.07, 6.45) is 0. The van der Waals surface area contributed by atoms with E-state index >= 15 is 0 Å². The highest BCUT2D eigenvalue weighted by molar-refractivity contribution is 7.90. The molecule has 8 heteroatoms. The molecule has 5 N–H and O–H groups in total. The molecule has 0 bridgehead atoms. The molecule has 0 fully saturated rings. The third kappa shape index (κ3) is 4.35. The van der Waals surface area contributed by atoms with Crippen LogP contribution in [0, 0.1) is 6.92 Å². The van der Waals surface area contributed by atoms with Crippen molar-refractivity contribution in [3.8, 4) is 28.1 Å². The molecule has 0 unspecified atom stereocenters. The van der Waals surface area contributed by atoms with Gasteiger partial charge in [0.25, 0.3) is 10.2 Å². The molecule has 4 rings (SSSR count). The normalized spacial score (nSPS) is 11.4. The van der Waals surface area contributed by atoms with Gasteiger partial charge in [-0.25, -0.2) is 9.82 Å². The second-order valence-corrected chi connectivity index (χ2v) is 8.27. The molecule has 0 amide bonds. The average molecular weight is 420 g/mol. The monoisotopic (exact) mass is 419 g/mol. The maximum absolute atomic E-state index is 11.2. The van der Waals surface area contributed by atoms with Crippen molar-refractivity contribution in [3.63, 3.8) is 0 Å². The Balaban J connectivity index is 1.65. The molecule has 152 valence electrons. The summed E-state index contributed by atoms with van der Waals surface area (Å²) in [6, 6.07) is 24.9. The Morgan fingerprint density at radius 1 is 0.833 bits per heavy atom. The maximum Gasteiger partial charge on any atom is 0.296 e. The third-order valence-electron chi connectivity index (χ3n) is 4.63. The first-order valence-corrected chi connectivity index (χ1v) is 10.8. The summed E-state index contributed by atoms with van der Waals surface area (Å²) in [5.41, 5.74) is 12.7. The maximum atomic E-state index is 11.2. The third-order valence-corrected chi connectivity index (χ3v) is 5.15. The van der Waals surface area contributed by atoms with Crippen LogP contribution < -0.4 is 15.6 Å². The standard InChI is InChI=1S/C22H21N5O2S/c1-15-14-22(18-4-2-16(3-5-18)17-6-8-19(23)9-7-17)27(25-15)21-12-10-20(11-13-21)26-30(24,28)29/h2-14,26H,23H2,1H3,(H2,24,28,29). The number of hydrogen-bond acceptors (Lipinski definition) is 4. The molecule has 30 heavy (non-hydrogen) atoms. The highest BCUT2D eigenvalue weighted by atomic mass is 32.2. The Bertz CT molecular complexity index is 1280. The average Bonchev–Trinajstić information content (AvgIpc) is 3.10. The summed E-state index contributed by atoms with van der Waals surface area (Å²) in [5.74, 6) is 0. The van der Waals surface area contributed by atoms with Crippen molar-refractivity contribution in [1.29, 1.82) is 0 Å². The van der Waals surface area contributed by atoms with Gasteiger partial charge in [0.15, 0.2) is 0 Å². The van der Waals surface area contributed by atoms with E-state index in [1.54, 1.807) is 24.3 Å². The van der Waals surface area contributed by atoms with Crippen molar-refractivity contribution in [2.24, 2.45) is 5.14 Å². The van der Waals surface area contributed by atoms with E-state index in [1.165, 1.54) is 0 Å². The Kier molecular flexibility index (Phi) is 5.03. The second kappa shape index (κ2) is 7.66. The Labute approximate surface area is 175 Å². The molecule has 0 spiro atoms. The zero-order chi connectivity index (χ0) is 21.3. The zero-order valence-corrected chi connectivity index (χ0v) is 17.1. The molecular weight excluding hydrogens is 398 g/mol. The van der Waals surface area contributed by atoms with E-state index in [2.05, 4.69) is 34.1 Å². The van der Waals surface area contributed by atoms with E-state index < -0.39 is 10.2 Å². The van der Waals surface area contributed by atoms with Crippen LogP contribution in [0.5, 0.6) is 0 Å². The lowest BCUT2D eigenvalue weighted by Gasteiger charge is -2.10. The Morgan fingerprint density at radius 2 is 1.37 bits per heavy atom.